The second-order valence-electron chi connectivity index (χ2n) is 7.06. The fourth-order valence-electron chi connectivity index (χ4n) is 3.59. The van der Waals surface area contributed by atoms with E-state index >= 15 is 0 Å². The minimum atomic E-state index is -0.872. The highest BCUT2D eigenvalue weighted by atomic mass is 35.5. The first-order valence-electron chi connectivity index (χ1n) is 8.96. The highest BCUT2D eigenvalue weighted by Crippen LogP contribution is 2.33. The van der Waals surface area contributed by atoms with Gasteiger partial charge in [0.1, 0.15) is 12.6 Å². The molecule has 0 aliphatic carbocycles. The Bertz CT molecular complexity index is 808. The Morgan fingerprint density at radius 2 is 1.78 bits per heavy atom. The zero-order chi connectivity index (χ0) is 19.6. The molecule has 1 heterocycles. The summed E-state index contributed by atoms with van der Waals surface area (Å²) in [7, 11) is 0. The van der Waals surface area contributed by atoms with Crippen LogP contribution in [0.15, 0.2) is 54.6 Å². The van der Waals surface area contributed by atoms with E-state index in [1.54, 1.807) is 12.1 Å². The average Bonchev–Trinajstić information content (AvgIpc) is 3.04. The summed E-state index contributed by atoms with van der Waals surface area (Å²) in [6, 6.07) is 15.3. The molecule has 2 aromatic carbocycles. The van der Waals surface area contributed by atoms with Crippen LogP contribution in [0.5, 0.6) is 0 Å². The Hall–Kier alpha value is -2.37. The second kappa shape index (κ2) is 8.11. The Labute approximate surface area is 164 Å². The van der Waals surface area contributed by atoms with Gasteiger partial charge in [0.25, 0.3) is 0 Å². The fourth-order valence-corrected chi connectivity index (χ4v) is 3.72. The van der Waals surface area contributed by atoms with Gasteiger partial charge in [-0.2, -0.15) is 0 Å². The zero-order valence-corrected chi connectivity index (χ0v) is 16.1. The first-order chi connectivity index (χ1) is 12.9. The monoisotopic (exact) mass is 386 g/mol. The molecule has 5 nitrogen and oxygen atoms in total. The number of carbonyl (C=O) groups is 2. The fraction of sp³-hybridized carbons (Fsp3) is 0.333. The van der Waals surface area contributed by atoms with Crippen molar-refractivity contribution in [2.75, 3.05) is 6.61 Å². The summed E-state index contributed by atoms with van der Waals surface area (Å²) in [5.41, 5.74) is 8.14. The number of ether oxygens (including phenoxy) is 1. The molecule has 2 N–H and O–H groups in total. The summed E-state index contributed by atoms with van der Waals surface area (Å²) in [5.74, 6) is -0.585. The number of benzene rings is 2. The van der Waals surface area contributed by atoms with Crippen molar-refractivity contribution in [2.24, 2.45) is 11.7 Å². The van der Waals surface area contributed by atoms with Gasteiger partial charge >= 0.3 is 6.09 Å². The van der Waals surface area contributed by atoms with Gasteiger partial charge in [0.05, 0.1) is 6.04 Å². The molecule has 1 unspecified atom stereocenters. The van der Waals surface area contributed by atoms with Crippen LogP contribution in [0.3, 0.4) is 0 Å². The van der Waals surface area contributed by atoms with Gasteiger partial charge in [0, 0.05) is 10.9 Å². The first kappa shape index (κ1) is 19.4. The van der Waals surface area contributed by atoms with Crippen molar-refractivity contribution >= 4 is 23.6 Å². The summed E-state index contributed by atoms with van der Waals surface area (Å²) in [4.78, 5) is 26.6. The van der Waals surface area contributed by atoms with Crippen molar-refractivity contribution < 1.29 is 14.3 Å². The lowest BCUT2D eigenvalue weighted by Crippen LogP contribution is -2.49. The highest BCUT2D eigenvalue weighted by molar-refractivity contribution is 6.30. The average molecular weight is 387 g/mol. The standard InChI is InChI=1S/C21H23ClN2O3/c1-13(2)18(15-8-10-16(22)11-9-15)19(23)20(25)24-17(12-27-21(24)26)14-6-4-3-5-7-14/h3-11,13,17-19H,12,23H2,1-2H3/t17-,18?,19+/m1/s1. The Balaban J connectivity index is 1.89. The van der Waals surface area contributed by atoms with E-state index in [2.05, 4.69) is 0 Å². The summed E-state index contributed by atoms with van der Waals surface area (Å²) in [6.45, 7) is 4.14. The Morgan fingerprint density at radius 1 is 1.15 bits per heavy atom. The van der Waals surface area contributed by atoms with E-state index in [-0.39, 0.29) is 18.4 Å². The number of imide groups is 1. The van der Waals surface area contributed by atoms with Gasteiger partial charge in [-0.1, -0.05) is 67.9 Å². The quantitative estimate of drug-likeness (QED) is 0.838. The summed E-state index contributed by atoms with van der Waals surface area (Å²) >= 11 is 5.98. The smallest absolute Gasteiger partial charge is 0.417 e. The van der Waals surface area contributed by atoms with Gasteiger partial charge in [-0.25, -0.2) is 9.69 Å². The minimum Gasteiger partial charge on any atom is -0.446 e. The maximum atomic E-state index is 13.2. The zero-order valence-electron chi connectivity index (χ0n) is 15.3. The molecule has 6 heteroatoms. The number of nitrogens with two attached hydrogens (primary N) is 1. The number of halogens is 1. The number of cyclic esters (lactones) is 1. The largest absolute Gasteiger partial charge is 0.446 e. The van der Waals surface area contributed by atoms with Crippen LogP contribution in [-0.4, -0.2) is 29.5 Å². The molecule has 142 valence electrons. The SMILES string of the molecule is CC(C)C(c1ccc(Cl)cc1)[C@H](N)C(=O)N1C(=O)OC[C@@H]1c1ccccc1. The van der Waals surface area contributed by atoms with Crippen LogP contribution in [-0.2, 0) is 9.53 Å². The van der Waals surface area contributed by atoms with E-state index < -0.39 is 24.1 Å². The van der Waals surface area contributed by atoms with Crippen LogP contribution in [0.1, 0.15) is 36.9 Å². The van der Waals surface area contributed by atoms with Gasteiger partial charge in [-0.05, 0) is 29.2 Å². The molecule has 1 saturated heterocycles. The molecule has 2 aromatic rings. The number of rotatable bonds is 5. The summed E-state index contributed by atoms with van der Waals surface area (Å²) in [5, 5.41) is 0.619. The molecule has 0 bridgehead atoms. The van der Waals surface area contributed by atoms with E-state index in [1.165, 1.54) is 0 Å². The number of carbonyl (C=O) groups excluding carboxylic acids is 2. The van der Waals surface area contributed by atoms with Crippen LogP contribution in [0.2, 0.25) is 5.02 Å². The normalized spacial score (nSPS) is 19.1. The van der Waals surface area contributed by atoms with Gasteiger partial charge < -0.3 is 10.5 Å². The van der Waals surface area contributed by atoms with E-state index in [4.69, 9.17) is 22.1 Å². The maximum absolute atomic E-state index is 13.2. The Morgan fingerprint density at radius 3 is 2.37 bits per heavy atom. The van der Waals surface area contributed by atoms with Crippen LogP contribution < -0.4 is 5.73 Å². The molecular formula is C21H23ClN2O3. The molecule has 3 atom stereocenters. The van der Waals surface area contributed by atoms with Gasteiger partial charge in [0.2, 0.25) is 5.91 Å². The van der Waals surface area contributed by atoms with Crippen LogP contribution in [0, 0.1) is 5.92 Å². The Kier molecular flexibility index (Phi) is 5.82. The summed E-state index contributed by atoms with van der Waals surface area (Å²) in [6.07, 6.45) is -0.650. The van der Waals surface area contributed by atoms with E-state index in [0.29, 0.717) is 5.02 Å². The van der Waals surface area contributed by atoms with Crippen molar-refractivity contribution in [2.45, 2.75) is 31.8 Å². The van der Waals surface area contributed by atoms with Crippen LogP contribution in [0.25, 0.3) is 0 Å². The second-order valence-corrected chi connectivity index (χ2v) is 7.50. The first-order valence-corrected chi connectivity index (χ1v) is 9.33. The predicted octanol–water partition coefficient (Wildman–Crippen LogP) is 4.13. The third-order valence-corrected chi connectivity index (χ3v) is 5.19. The van der Waals surface area contributed by atoms with Crippen molar-refractivity contribution in [3.05, 3.63) is 70.7 Å². The van der Waals surface area contributed by atoms with Crippen molar-refractivity contribution in [3.8, 4) is 0 Å². The molecule has 1 aliphatic heterocycles. The van der Waals surface area contributed by atoms with E-state index in [9.17, 15) is 9.59 Å². The molecule has 0 radical (unpaired) electrons. The number of hydrogen-bond donors (Lipinski definition) is 1. The number of nitrogens with zero attached hydrogens (tertiary/aromatic N) is 1. The third kappa shape index (κ3) is 3.99. The van der Waals surface area contributed by atoms with Gasteiger partial charge in [-0.15, -0.1) is 0 Å². The van der Waals surface area contributed by atoms with Crippen LogP contribution >= 0.6 is 11.6 Å². The van der Waals surface area contributed by atoms with Crippen molar-refractivity contribution in [1.82, 2.24) is 4.90 Å². The van der Waals surface area contributed by atoms with Crippen LogP contribution in [0.4, 0.5) is 4.79 Å². The van der Waals surface area contributed by atoms with Gasteiger partial charge in [-0.3, -0.25) is 4.79 Å². The lowest BCUT2D eigenvalue weighted by molar-refractivity contribution is -0.131. The topological polar surface area (TPSA) is 72.6 Å². The van der Waals surface area contributed by atoms with Crippen molar-refractivity contribution in [3.63, 3.8) is 0 Å². The molecule has 27 heavy (non-hydrogen) atoms. The third-order valence-electron chi connectivity index (χ3n) is 4.94. The maximum Gasteiger partial charge on any atom is 0.417 e. The molecule has 0 saturated carbocycles. The number of hydrogen-bond acceptors (Lipinski definition) is 4. The van der Waals surface area contributed by atoms with E-state index in [0.717, 1.165) is 16.0 Å². The molecule has 3 rings (SSSR count). The van der Waals surface area contributed by atoms with Crippen molar-refractivity contribution in [1.29, 1.82) is 0 Å². The lowest BCUT2D eigenvalue weighted by atomic mass is 9.82. The van der Waals surface area contributed by atoms with E-state index in [1.807, 2.05) is 56.3 Å². The molecular weight excluding hydrogens is 364 g/mol. The molecule has 1 fully saturated rings. The molecule has 0 aromatic heterocycles. The minimum absolute atomic E-state index is 0.0962. The lowest BCUT2D eigenvalue weighted by Gasteiger charge is -2.30. The molecule has 1 aliphatic rings. The predicted molar refractivity (Wildman–Crippen MR) is 104 cm³/mol. The highest BCUT2D eigenvalue weighted by Gasteiger charge is 2.43. The summed E-state index contributed by atoms with van der Waals surface area (Å²) < 4.78 is 5.16. The number of amides is 2. The van der Waals surface area contributed by atoms with Gasteiger partial charge in [0.15, 0.2) is 0 Å². The molecule has 2 amide bonds. The molecule has 0 spiro atoms.